The van der Waals surface area contributed by atoms with Gasteiger partial charge in [0.15, 0.2) is 9.84 Å². The van der Waals surface area contributed by atoms with Crippen LogP contribution < -0.4 is 4.90 Å². The number of anilines is 1. The standard InChI is InChI=1S/C15H19NO4S/c17-15(11-21(18,19)10-13-5-3-9-20-13)16-8-7-12-4-1-2-6-14(12)16/h1-2,4,6,13H,3,5,7-11H2. The number of para-hydroxylation sites is 1. The van der Waals surface area contributed by atoms with Crippen LogP contribution in [0.1, 0.15) is 18.4 Å². The van der Waals surface area contributed by atoms with Gasteiger partial charge in [-0.15, -0.1) is 0 Å². The van der Waals surface area contributed by atoms with Crippen LogP contribution in [-0.2, 0) is 25.8 Å². The van der Waals surface area contributed by atoms with Crippen LogP contribution in [0.15, 0.2) is 24.3 Å². The first kappa shape index (κ1) is 14.5. The van der Waals surface area contributed by atoms with Crippen molar-refractivity contribution in [3.63, 3.8) is 0 Å². The Bertz CT molecular complexity index is 635. The molecule has 0 N–H and O–H groups in total. The summed E-state index contributed by atoms with van der Waals surface area (Å²) >= 11 is 0. The van der Waals surface area contributed by atoms with Crippen LogP contribution in [0.4, 0.5) is 5.69 Å². The molecule has 0 aliphatic carbocycles. The number of amides is 1. The molecule has 1 saturated heterocycles. The van der Waals surface area contributed by atoms with Gasteiger partial charge in [0.25, 0.3) is 0 Å². The lowest BCUT2D eigenvalue weighted by molar-refractivity contribution is -0.116. The number of benzene rings is 1. The SMILES string of the molecule is O=C(CS(=O)(=O)CC1CCCO1)N1CCc2ccccc21. The van der Waals surface area contributed by atoms with Crippen molar-refractivity contribution in [3.05, 3.63) is 29.8 Å². The number of carbonyl (C=O) groups excluding carboxylic acids is 1. The number of ether oxygens (including phenoxy) is 1. The van der Waals surface area contributed by atoms with Gasteiger partial charge < -0.3 is 9.64 Å². The molecule has 1 amide bonds. The van der Waals surface area contributed by atoms with Crippen LogP contribution >= 0.6 is 0 Å². The maximum atomic E-state index is 12.3. The number of carbonyl (C=O) groups is 1. The maximum absolute atomic E-state index is 12.3. The van der Waals surface area contributed by atoms with E-state index in [0.717, 1.165) is 30.5 Å². The highest BCUT2D eigenvalue weighted by atomic mass is 32.2. The Hall–Kier alpha value is -1.40. The number of rotatable bonds is 4. The van der Waals surface area contributed by atoms with Gasteiger partial charge >= 0.3 is 0 Å². The van der Waals surface area contributed by atoms with Crippen LogP contribution in [0.25, 0.3) is 0 Å². The van der Waals surface area contributed by atoms with Crippen molar-refractivity contribution < 1.29 is 17.9 Å². The molecule has 0 spiro atoms. The summed E-state index contributed by atoms with van der Waals surface area (Å²) in [7, 11) is -3.42. The number of hydrogen-bond donors (Lipinski definition) is 0. The van der Waals surface area contributed by atoms with Crippen molar-refractivity contribution in [1.82, 2.24) is 0 Å². The first-order chi connectivity index (χ1) is 10.1. The molecule has 1 atom stereocenters. The van der Waals surface area contributed by atoms with Crippen LogP contribution in [0.2, 0.25) is 0 Å². The van der Waals surface area contributed by atoms with E-state index in [1.165, 1.54) is 0 Å². The summed E-state index contributed by atoms with van der Waals surface area (Å²) in [6.07, 6.45) is 2.20. The highest BCUT2D eigenvalue weighted by Crippen LogP contribution is 2.27. The van der Waals surface area contributed by atoms with Gasteiger partial charge in [0.05, 0.1) is 11.9 Å². The molecule has 0 saturated carbocycles. The normalized spacial score (nSPS) is 21.5. The van der Waals surface area contributed by atoms with Crippen molar-refractivity contribution >= 4 is 21.4 Å². The van der Waals surface area contributed by atoms with Crippen LogP contribution in [0, 0.1) is 0 Å². The van der Waals surface area contributed by atoms with Crippen LogP contribution in [0.5, 0.6) is 0 Å². The molecule has 2 aliphatic heterocycles. The third-order valence-electron chi connectivity index (χ3n) is 4.00. The average molecular weight is 309 g/mol. The molecule has 114 valence electrons. The van der Waals surface area contributed by atoms with Crippen molar-refractivity contribution in [2.24, 2.45) is 0 Å². The number of fused-ring (bicyclic) bond motifs is 1. The first-order valence-electron chi connectivity index (χ1n) is 7.25. The Morgan fingerprint density at radius 2 is 2.14 bits per heavy atom. The second kappa shape index (κ2) is 5.77. The Kier molecular flexibility index (Phi) is 3.99. The van der Waals surface area contributed by atoms with Crippen molar-refractivity contribution in [3.8, 4) is 0 Å². The fourth-order valence-electron chi connectivity index (χ4n) is 2.98. The molecular formula is C15H19NO4S. The van der Waals surface area contributed by atoms with E-state index in [1.54, 1.807) is 4.90 Å². The van der Waals surface area contributed by atoms with Gasteiger partial charge in [0, 0.05) is 18.8 Å². The molecule has 2 aliphatic rings. The summed E-state index contributed by atoms with van der Waals surface area (Å²) in [4.78, 5) is 13.9. The van der Waals surface area contributed by atoms with E-state index >= 15 is 0 Å². The lowest BCUT2D eigenvalue weighted by Gasteiger charge is -2.18. The van der Waals surface area contributed by atoms with Gasteiger partial charge in [-0.25, -0.2) is 8.42 Å². The van der Waals surface area contributed by atoms with E-state index in [9.17, 15) is 13.2 Å². The van der Waals surface area contributed by atoms with E-state index in [4.69, 9.17) is 4.74 Å². The predicted molar refractivity (Wildman–Crippen MR) is 80.1 cm³/mol. The van der Waals surface area contributed by atoms with Gasteiger partial charge in [0.1, 0.15) is 5.75 Å². The van der Waals surface area contributed by atoms with Gasteiger partial charge in [-0.05, 0) is 30.9 Å². The van der Waals surface area contributed by atoms with E-state index in [-0.39, 0.29) is 17.8 Å². The lowest BCUT2D eigenvalue weighted by atomic mass is 10.2. The maximum Gasteiger partial charge on any atom is 0.242 e. The quantitative estimate of drug-likeness (QED) is 0.837. The molecule has 0 radical (unpaired) electrons. The highest BCUT2D eigenvalue weighted by Gasteiger charge is 2.30. The summed E-state index contributed by atoms with van der Waals surface area (Å²) in [5.41, 5.74) is 1.94. The third-order valence-corrected chi connectivity index (χ3v) is 5.56. The van der Waals surface area contributed by atoms with Gasteiger partial charge in [-0.1, -0.05) is 18.2 Å². The van der Waals surface area contributed by atoms with E-state index in [0.29, 0.717) is 13.2 Å². The first-order valence-corrected chi connectivity index (χ1v) is 9.07. The second-order valence-corrected chi connectivity index (χ2v) is 7.72. The minimum absolute atomic E-state index is 0.0474. The number of nitrogens with zero attached hydrogens (tertiary/aromatic N) is 1. The summed E-state index contributed by atoms with van der Waals surface area (Å²) in [5.74, 6) is -0.812. The fourth-order valence-corrected chi connectivity index (χ4v) is 4.46. The molecule has 1 unspecified atom stereocenters. The zero-order valence-electron chi connectivity index (χ0n) is 11.8. The molecular weight excluding hydrogens is 290 g/mol. The summed E-state index contributed by atoms with van der Waals surface area (Å²) in [6.45, 7) is 1.18. The van der Waals surface area contributed by atoms with Crippen molar-refractivity contribution in [1.29, 1.82) is 0 Å². The van der Waals surface area contributed by atoms with E-state index < -0.39 is 15.6 Å². The largest absolute Gasteiger partial charge is 0.377 e. The molecule has 6 heteroatoms. The van der Waals surface area contributed by atoms with Crippen molar-refractivity contribution in [2.45, 2.75) is 25.4 Å². The Morgan fingerprint density at radius 1 is 1.33 bits per heavy atom. The predicted octanol–water partition coefficient (Wildman–Crippen LogP) is 1.17. The molecule has 1 fully saturated rings. The Balaban J connectivity index is 1.66. The summed E-state index contributed by atoms with van der Waals surface area (Å²) in [6, 6.07) is 7.64. The number of sulfone groups is 1. The van der Waals surface area contributed by atoms with Gasteiger partial charge in [-0.3, -0.25) is 4.79 Å². The van der Waals surface area contributed by atoms with E-state index in [2.05, 4.69) is 0 Å². The molecule has 3 rings (SSSR count). The number of hydrogen-bond acceptors (Lipinski definition) is 4. The molecule has 5 nitrogen and oxygen atoms in total. The second-order valence-electron chi connectivity index (χ2n) is 5.61. The molecule has 1 aromatic rings. The van der Waals surface area contributed by atoms with Crippen LogP contribution in [-0.4, -0.2) is 45.1 Å². The van der Waals surface area contributed by atoms with E-state index in [1.807, 2.05) is 24.3 Å². The van der Waals surface area contributed by atoms with Crippen molar-refractivity contribution in [2.75, 3.05) is 29.6 Å². The highest BCUT2D eigenvalue weighted by molar-refractivity contribution is 7.92. The smallest absolute Gasteiger partial charge is 0.242 e. The fraction of sp³-hybridized carbons (Fsp3) is 0.533. The molecule has 0 aromatic heterocycles. The molecule has 1 aromatic carbocycles. The molecule has 21 heavy (non-hydrogen) atoms. The molecule has 2 heterocycles. The summed E-state index contributed by atoms with van der Waals surface area (Å²) < 4.78 is 29.6. The minimum atomic E-state index is -3.42. The Morgan fingerprint density at radius 3 is 2.90 bits per heavy atom. The monoisotopic (exact) mass is 309 g/mol. The van der Waals surface area contributed by atoms with Crippen LogP contribution in [0.3, 0.4) is 0 Å². The summed E-state index contributed by atoms with van der Waals surface area (Å²) in [5, 5.41) is 0. The molecule has 0 bridgehead atoms. The van der Waals surface area contributed by atoms with Gasteiger partial charge in [-0.2, -0.15) is 0 Å². The topological polar surface area (TPSA) is 63.7 Å². The minimum Gasteiger partial charge on any atom is -0.377 e. The average Bonchev–Trinajstić information content (AvgIpc) is 3.06. The third kappa shape index (κ3) is 3.27. The zero-order chi connectivity index (χ0) is 14.9. The zero-order valence-corrected chi connectivity index (χ0v) is 12.6. The Labute approximate surface area is 124 Å². The van der Waals surface area contributed by atoms with Gasteiger partial charge in [0.2, 0.25) is 5.91 Å². The lowest BCUT2D eigenvalue weighted by Crippen LogP contribution is -2.36.